The van der Waals surface area contributed by atoms with Crippen LogP contribution < -0.4 is 4.90 Å². The van der Waals surface area contributed by atoms with Crippen molar-refractivity contribution in [2.75, 3.05) is 24.7 Å². The summed E-state index contributed by atoms with van der Waals surface area (Å²) in [6.07, 6.45) is 5.78. The second kappa shape index (κ2) is 11.8. The van der Waals surface area contributed by atoms with Crippen molar-refractivity contribution < 1.29 is 24.2 Å². The van der Waals surface area contributed by atoms with Gasteiger partial charge < -0.3 is 19.6 Å². The Kier molecular flexibility index (Phi) is 8.95. The number of rotatable bonds is 12. The lowest BCUT2D eigenvalue weighted by atomic mass is 9.71. The highest BCUT2D eigenvalue weighted by molar-refractivity contribution is 8.02. The van der Waals surface area contributed by atoms with E-state index in [0.717, 1.165) is 6.42 Å². The summed E-state index contributed by atoms with van der Waals surface area (Å²) in [7, 11) is 0. The molecule has 3 heterocycles. The van der Waals surface area contributed by atoms with Crippen molar-refractivity contribution in [3.63, 3.8) is 0 Å². The number of carbonyl (C=O) groups is 3. The van der Waals surface area contributed by atoms with Gasteiger partial charge in [-0.15, -0.1) is 24.9 Å². The number of thioether (sulfide) groups is 1. The molecule has 2 unspecified atom stereocenters. The standard InChI is InChI=1S/C29H37ClN2O5S/c1-5-7-15-37-28(36)23-22-12-13-29(38-22)24(23)26(34)32(21(17-33)16-18(3)4)25(29)27(35)31(14-6-2)20-10-8-19(30)9-11-20/h5-6,8-11,18,21-25,33H,1-2,7,12-17H2,3-4H3/t21-,22-,23+,24+,25?,29?/m1/s1. The summed E-state index contributed by atoms with van der Waals surface area (Å²) < 4.78 is 4.79. The first-order valence-electron chi connectivity index (χ1n) is 13.3. The first kappa shape index (κ1) is 28.7. The van der Waals surface area contributed by atoms with Crippen LogP contribution in [0.4, 0.5) is 5.69 Å². The number of fused-ring (bicyclic) bond motifs is 1. The molecule has 0 radical (unpaired) electrons. The predicted octanol–water partition coefficient (Wildman–Crippen LogP) is 4.48. The van der Waals surface area contributed by atoms with Crippen LogP contribution in [0.1, 0.15) is 39.5 Å². The quantitative estimate of drug-likeness (QED) is 0.230. The smallest absolute Gasteiger partial charge is 0.310 e. The number of aliphatic hydroxyl groups is 1. The number of nitrogens with zero attached hydrogens (tertiary/aromatic N) is 2. The molecule has 9 heteroatoms. The van der Waals surface area contributed by atoms with Gasteiger partial charge in [0, 0.05) is 22.5 Å². The third-order valence-corrected chi connectivity index (χ3v) is 10.1. The summed E-state index contributed by atoms with van der Waals surface area (Å²) in [5.74, 6) is -1.96. The fraction of sp³-hybridized carbons (Fsp3) is 0.552. The molecule has 3 saturated heterocycles. The first-order valence-corrected chi connectivity index (χ1v) is 14.5. The summed E-state index contributed by atoms with van der Waals surface area (Å²) >= 11 is 7.70. The lowest BCUT2D eigenvalue weighted by molar-refractivity contribution is -0.154. The van der Waals surface area contributed by atoms with Crippen LogP contribution in [-0.2, 0) is 19.1 Å². The lowest BCUT2D eigenvalue weighted by Gasteiger charge is -2.40. The highest BCUT2D eigenvalue weighted by atomic mass is 35.5. The number of anilines is 1. The molecule has 3 aliphatic heterocycles. The summed E-state index contributed by atoms with van der Waals surface area (Å²) in [5.41, 5.74) is 0.647. The van der Waals surface area contributed by atoms with E-state index in [9.17, 15) is 19.5 Å². The van der Waals surface area contributed by atoms with E-state index in [4.69, 9.17) is 16.3 Å². The Bertz CT molecular complexity index is 1080. The molecule has 3 aliphatic rings. The minimum Gasteiger partial charge on any atom is -0.465 e. The molecule has 2 amide bonds. The number of aliphatic hydroxyl groups excluding tert-OH is 1. The monoisotopic (exact) mass is 560 g/mol. The second-order valence-electron chi connectivity index (χ2n) is 10.7. The van der Waals surface area contributed by atoms with Gasteiger partial charge in [-0.3, -0.25) is 14.4 Å². The minimum absolute atomic E-state index is 0.0845. The van der Waals surface area contributed by atoms with Crippen LogP contribution in [0.2, 0.25) is 5.02 Å². The van der Waals surface area contributed by atoms with Gasteiger partial charge in [0.15, 0.2) is 0 Å². The number of amides is 2. The van der Waals surface area contributed by atoms with Gasteiger partial charge in [0.05, 0.1) is 35.8 Å². The van der Waals surface area contributed by atoms with E-state index in [1.807, 2.05) is 13.8 Å². The summed E-state index contributed by atoms with van der Waals surface area (Å²) in [4.78, 5) is 45.3. The molecule has 1 N–H and O–H groups in total. The average Bonchev–Trinajstić information content (AvgIpc) is 3.53. The maximum absolute atomic E-state index is 14.5. The number of halogens is 1. The van der Waals surface area contributed by atoms with E-state index in [2.05, 4.69) is 13.2 Å². The number of carbonyl (C=O) groups excluding carboxylic acids is 3. The largest absolute Gasteiger partial charge is 0.465 e. The van der Waals surface area contributed by atoms with E-state index in [1.54, 1.807) is 58.0 Å². The number of benzene rings is 1. The van der Waals surface area contributed by atoms with Crippen molar-refractivity contribution in [2.45, 2.75) is 61.6 Å². The second-order valence-corrected chi connectivity index (χ2v) is 12.8. The number of hydrogen-bond donors (Lipinski definition) is 1. The van der Waals surface area contributed by atoms with Gasteiger partial charge in [-0.2, -0.15) is 0 Å². The molecule has 206 valence electrons. The fourth-order valence-corrected chi connectivity index (χ4v) is 8.72. The molecule has 0 aliphatic carbocycles. The van der Waals surface area contributed by atoms with Gasteiger partial charge >= 0.3 is 5.97 Å². The van der Waals surface area contributed by atoms with E-state index >= 15 is 0 Å². The summed E-state index contributed by atoms with van der Waals surface area (Å²) in [6, 6.07) is 5.63. The van der Waals surface area contributed by atoms with Crippen molar-refractivity contribution in [1.29, 1.82) is 0 Å². The molecule has 3 fully saturated rings. The first-order chi connectivity index (χ1) is 18.2. The van der Waals surface area contributed by atoms with Crippen LogP contribution in [0.5, 0.6) is 0 Å². The number of likely N-dealkylation sites (tertiary alicyclic amines) is 1. The highest BCUT2D eigenvalue weighted by Gasteiger charge is 2.74. The Labute approximate surface area is 234 Å². The third kappa shape index (κ3) is 5.03. The van der Waals surface area contributed by atoms with E-state index < -0.39 is 28.7 Å². The Morgan fingerprint density at radius 1 is 1.29 bits per heavy atom. The number of ether oxygens (including phenoxy) is 1. The SMILES string of the molecule is C=CCCOC(=O)[C@@H]1[C@H]2C(=O)N([C@@H](CO)CC(C)C)C(C(=O)N(CC=C)c3ccc(Cl)cc3)C23CC[C@H]1S3. The molecule has 1 aromatic rings. The van der Waals surface area contributed by atoms with Crippen LogP contribution in [0.25, 0.3) is 0 Å². The molecule has 38 heavy (non-hydrogen) atoms. The molecule has 6 atom stereocenters. The average molecular weight is 561 g/mol. The molecule has 1 aromatic carbocycles. The van der Waals surface area contributed by atoms with Gasteiger partial charge in [-0.25, -0.2) is 0 Å². The zero-order valence-electron chi connectivity index (χ0n) is 22.1. The molecule has 0 saturated carbocycles. The summed E-state index contributed by atoms with van der Waals surface area (Å²) in [5, 5.41) is 10.9. The molecule has 0 aromatic heterocycles. The Balaban J connectivity index is 1.78. The van der Waals surface area contributed by atoms with E-state index in [1.165, 1.54) is 0 Å². The minimum atomic E-state index is -0.826. The predicted molar refractivity (Wildman–Crippen MR) is 151 cm³/mol. The van der Waals surface area contributed by atoms with Crippen LogP contribution in [0.3, 0.4) is 0 Å². The van der Waals surface area contributed by atoms with E-state index in [0.29, 0.717) is 30.0 Å². The fourth-order valence-electron chi connectivity index (χ4n) is 6.41. The summed E-state index contributed by atoms with van der Waals surface area (Å²) in [6.45, 7) is 11.8. The zero-order valence-corrected chi connectivity index (χ0v) is 23.6. The Morgan fingerprint density at radius 2 is 2.00 bits per heavy atom. The maximum Gasteiger partial charge on any atom is 0.310 e. The molecule has 1 spiro atoms. The molecule has 2 bridgehead atoms. The lowest BCUT2D eigenvalue weighted by Crippen LogP contribution is -2.57. The van der Waals surface area contributed by atoms with Crippen molar-refractivity contribution in [3.8, 4) is 0 Å². The Morgan fingerprint density at radius 3 is 2.61 bits per heavy atom. The van der Waals surface area contributed by atoms with Crippen LogP contribution >= 0.6 is 23.4 Å². The molecular weight excluding hydrogens is 524 g/mol. The van der Waals surface area contributed by atoms with E-state index in [-0.39, 0.29) is 48.7 Å². The number of esters is 1. The van der Waals surface area contributed by atoms with Gasteiger partial charge in [-0.05, 0) is 55.9 Å². The number of hydrogen-bond acceptors (Lipinski definition) is 6. The van der Waals surface area contributed by atoms with Gasteiger partial charge in [-0.1, -0.05) is 37.6 Å². The molecular formula is C29H37ClN2O5S. The topological polar surface area (TPSA) is 87.1 Å². The normalized spacial score (nSPS) is 28.3. The van der Waals surface area contributed by atoms with Gasteiger partial charge in [0.2, 0.25) is 5.91 Å². The van der Waals surface area contributed by atoms with Crippen LogP contribution in [0.15, 0.2) is 49.6 Å². The highest BCUT2D eigenvalue weighted by Crippen LogP contribution is 2.67. The van der Waals surface area contributed by atoms with Crippen molar-refractivity contribution >= 4 is 46.8 Å². The van der Waals surface area contributed by atoms with Crippen LogP contribution in [-0.4, -0.2) is 69.6 Å². The van der Waals surface area contributed by atoms with Gasteiger partial charge in [0.25, 0.3) is 5.91 Å². The third-order valence-electron chi connectivity index (χ3n) is 7.87. The molecule has 7 nitrogen and oxygen atoms in total. The zero-order chi connectivity index (χ0) is 27.6. The van der Waals surface area contributed by atoms with Crippen molar-refractivity contribution in [3.05, 3.63) is 54.6 Å². The maximum atomic E-state index is 14.5. The van der Waals surface area contributed by atoms with Crippen LogP contribution in [0, 0.1) is 17.8 Å². The Hall–Kier alpha value is -2.29. The van der Waals surface area contributed by atoms with Gasteiger partial charge in [0.1, 0.15) is 6.04 Å². The van der Waals surface area contributed by atoms with Crippen molar-refractivity contribution in [2.24, 2.45) is 17.8 Å². The molecule has 4 rings (SSSR count). The van der Waals surface area contributed by atoms with Crippen molar-refractivity contribution in [1.82, 2.24) is 4.90 Å².